The van der Waals surface area contributed by atoms with E-state index in [0.29, 0.717) is 6.54 Å². The molecule has 1 heterocycles. The highest BCUT2D eigenvalue weighted by Gasteiger charge is 2.15. The van der Waals surface area contributed by atoms with E-state index in [9.17, 15) is 4.79 Å². The van der Waals surface area contributed by atoms with Gasteiger partial charge in [-0.15, -0.1) is 6.58 Å². The molecular weight excluding hydrogens is 210 g/mol. The minimum atomic E-state index is -0.147. The molecule has 82 valence electrons. The maximum Gasteiger partial charge on any atom is 0.233 e. The standard InChI is InChI=1S/C10H15N3OS/c1-4-5-11-9(14)8(2)15-10-12-6-7-13(10)3/h4,6-8H,1,5H2,2-3H3,(H,11,14)/t8-/m1/s1. The summed E-state index contributed by atoms with van der Waals surface area (Å²) in [4.78, 5) is 15.7. The van der Waals surface area contributed by atoms with E-state index < -0.39 is 0 Å². The van der Waals surface area contributed by atoms with Gasteiger partial charge in [-0.1, -0.05) is 17.8 Å². The second-order valence-electron chi connectivity index (χ2n) is 3.11. The predicted molar refractivity (Wildman–Crippen MR) is 61.7 cm³/mol. The molecule has 1 N–H and O–H groups in total. The van der Waals surface area contributed by atoms with Crippen LogP contribution in [0.5, 0.6) is 0 Å². The number of amides is 1. The van der Waals surface area contributed by atoms with Gasteiger partial charge in [-0.05, 0) is 6.92 Å². The normalized spacial score (nSPS) is 12.1. The van der Waals surface area contributed by atoms with Crippen molar-refractivity contribution >= 4 is 17.7 Å². The van der Waals surface area contributed by atoms with E-state index in [1.165, 1.54) is 11.8 Å². The Labute approximate surface area is 93.8 Å². The zero-order valence-electron chi connectivity index (χ0n) is 8.93. The van der Waals surface area contributed by atoms with Gasteiger partial charge in [0.05, 0.1) is 5.25 Å². The highest BCUT2D eigenvalue weighted by atomic mass is 32.2. The molecule has 1 atom stereocenters. The first kappa shape index (κ1) is 11.8. The van der Waals surface area contributed by atoms with Gasteiger partial charge in [-0.3, -0.25) is 4.79 Å². The molecule has 1 aromatic heterocycles. The topological polar surface area (TPSA) is 46.9 Å². The predicted octanol–water partition coefficient (Wildman–Crippen LogP) is 1.20. The summed E-state index contributed by atoms with van der Waals surface area (Å²) in [6.45, 7) is 5.91. The highest BCUT2D eigenvalue weighted by molar-refractivity contribution is 8.00. The minimum absolute atomic E-state index is 0.00269. The van der Waals surface area contributed by atoms with Gasteiger partial charge in [0.25, 0.3) is 0 Å². The van der Waals surface area contributed by atoms with Crippen LogP contribution in [-0.4, -0.2) is 27.3 Å². The van der Waals surface area contributed by atoms with Crippen molar-refractivity contribution in [1.82, 2.24) is 14.9 Å². The maximum atomic E-state index is 11.5. The van der Waals surface area contributed by atoms with Crippen LogP contribution in [0.2, 0.25) is 0 Å². The lowest BCUT2D eigenvalue weighted by Gasteiger charge is -2.10. The van der Waals surface area contributed by atoms with Crippen LogP contribution in [0, 0.1) is 0 Å². The molecule has 0 aliphatic heterocycles. The quantitative estimate of drug-likeness (QED) is 0.605. The van der Waals surface area contributed by atoms with Gasteiger partial charge in [0.1, 0.15) is 0 Å². The van der Waals surface area contributed by atoms with Crippen LogP contribution in [0.3, 0.4) is 0 Å². The van der Waals surface area contributed by atoms with E-state index in [0.717, 1.165) is 5.16 Å². The molecule has 0 unspecified atom stereocenters. The third-order valence-electron chi connectivity index (χ3n) is 1.85. The summed E-state index contributed by atoms with van der Waals surface area (Å²) in [6, 6.07) is 0. The fraction of sp³-hybridized carbons (Fsp3) is 0.400. The molecule has 0 aliphatic rings. The Morgan fingerprint density at radius 2 is 2.60 bits per heavy atom. The average Bonchev–Trinajstić information content (AvgIpc) is 2.61. The molecule has 0 bridgehead atoms. The smallest absolute Gasteiger partial charge is 0.233 e. The fourth-order valence-electron chi connectivity index (χ4n) is 0.994. The van der Waals surface area contributed by atoms with Crippen molar-refractivity contribution < 1.29 is 4.79 Å². The first-order valence-electron chi connectivity index (χ1n) is 4.67. The molecule has 5 heteroatoms. The van der Waals surface area contributed by atoms with Crippen LogP contribution < -0.4 is 5.32 Å². The Morgan fingerprint density at radius 1 is 1.87 bits per heavy atom. The largest absolute Gasteiger partial charge is 0.352 e. The Bertz CT molecular complexity index is 348. The number of nitrogens with zero attached hydrogens (tertiary/aromatic N) is 2. The van der Waals surface area contributed by atoms with Gasteiger partial charge in [-0.25, -0.2) is 4.98 Å². The molecule has 0 spiro atoms. The lowest BCUT2D eigenvalue weighted by atomic mass is 10.4. The van der Waals surface area contributed by atoms with Crippen molar-refractivity contribution in [3.05, 3.63) is 25.0 Å². The SMILES string of the molecule is C=CCNC(=O)[C@@H](C)Sc1nccn1C. The van der Waals surface area contributed by atoms with Crippen molar-refractivity contribution in [3.8, 4) is 0 Å². The average molecular weight is 225 g/mol. The lowest BCUT2D eigenvalue weighted by molar-refractivity contribution is -0.120. The third-order valence-corrected chi connectivity index (χ3v) is 3.02. The molecule has 0 aromatic carbocycles. The monoisotopic (exact) mass is 225 g/mol. The summed E-state index contributed by atoms with van der Waals surface area (Å²) >= 11 is 1.44. The lowest BCUT2D eigenvalue weighted by Crippen LogP contribution is -2.31. The Balaban J connectivity index is 2.48. The molecule has 0 saturated heterocycles. The van der Waals surface area contributed by atoms with Crippen LogP contribution in [0.1, 0.15) is 6.92 Å². The van der Waals surface area contributed by atoms with Gasteiger partial charge in [0.2, 0.25) is 5.91 Å². The highest BCUT2D eigenvalue weighted by Crippen LogP contribution is 2.20. The maximum absolute atomic E-state index is 11.5. The molecule has 1 amide bonds. The van der Waals surface area contributed by atoms with Crippen molar-refractivity contribution in [3.63, 3.8) is 0 Å². The molecule has 0 fully saturated rings. The number of rotatable bonds is 5. The Morgan fingerprint density at radius 3 is 3.13 bits per heavy atom. The van der Waals surface area contributed by atoms with E-state index in [1.807, 2.05) is 24.7 Å². The van der Waals surface area contributed by atoms with Gasteiger partial charge in [-0.2, -0.15) is 0 Å². The van der Waals surface area contributed by atoms with Gasteiger partial charge in [0, 0.05) is 26.0 Å². The van der Waals surface area contributed by atoms with Crippen LogP contribution in [-0.2, 0) is 11.8 Å². The molecule has 1 rings (SSSR count). The zero-order chi connectivity index (χ0) is 11.3. The van der Waals surface area contributed by atoms with Crippen LogP contribution in [0.25, 0.3) is 0 Å². The number of imidazole rings is 1. The van der Waals surface area contributed by atoms with Gasteiger partial charge < -0.3 is 9.88 Å². The van der Waals surface area contributed by atoms with E-state index in [-0.39, 0.29) is 11.2 Å². The van der Waals surface area contributed by atoms with E-state index >= 15 is 0 Å². The molecule has 1 aromatic rings. The minimum Gasteiger partial charge on any atom is -0.352 e. The number of thioether (sulfide) groups is 1. The second kappa shape index (κ2) is 5.60. The summed E-state index contributed by atoms with van der Waals surface area (Å²) in [5.74, 6) is 0.00269. The summed E-state index contributed by atoms with van der Waals surface area (Å²) < 4.78 is 1.89. The van der Waals surface area contributed by atoms with E-state index in [4.69, 9.17) is 0 Å². The third kappa shape index (κ3) is 3.43. The number of hydrogen-bond donors (Lipinski definition) is 1. The van der Waals surface area contributed by atoms with E-state index in [2.05, 4.69) is 16.9 Å². The van der Waals surface area contributed by atoms with Crippen molar-refractivity contribution in [2.75, 3.05) is 6.54 Å². The summed E-state index contributed by atoms with van der Waals surface area (Å²) in [6.07, 6.45) is 5.24. The number of carbonyl (C=O) groups excluding carboxylic acids is 1. The van der Waals surface area contributed by atoms with Crippen LogP contribution >= 0.6 is 11.8 Å². The fourth-order valence-corrected chi connectivity index (χ4v) is 1.85. The number of hydrogen-bond acceptors (Lipinski definition) is 3. The number of aryl methyl sites for hydroxylation is 1. The number of carbonyl (C=O) groups is 1. The second-order valence-corrected chi connectivity index (χ2v) is 4.42. The zero-order valence-corrected chi connectivity index (χ0v) is 9.75. The summed E-state index contributed by atoms with van der Waals surface area (Å²) in [7, 11) is 1.91. The first-order chi connectivity index (χ1) is 7.15. The first-order valence-corrected chi connectivity index (χ1v) is 5.55. The van der Waals surface area contributed by atoms with Gasteiger partial charge >= 0.3 is 0 Å². The van der Waals surface area contributed by atoms with Crippen molar-refractivity contribution in [2.24, 2.45) is 7.05 Å². The van der Waals surface area contributed by atoms with E-state index in [1.54, 1.807) is 12.3 Å². The number of aromatic nitrogens is 2. The summed E-state index contributed by atoms with van der Waals surface area (Å²) in [5.41, 5.74) is 0. The van der Waals surface area contributed by atoms with Crippen LogP contribution in [0.4, 0.5) is 0 Å². The van der Waals surface area contributed by atoms with Crippen molar-refractivity contribution in [2.45, 2.75) is 17.3 Å². The molecule has 0 aliphatic carbocycles. The van der Waals surface area contributed by atoms with Crippen LogP contribution in [0.15, 0.2) is 30.2 Å². The van der Waals surface area contributed by atoms with Gasteiger partial charge in [0.15, 0.2) is 5.16 Å². The number of nitrogens with one attached hydrogen (secondary N) is 1. The Hall–Kier alpha value is -1.23. The molecule has 4 nitrogen and oxygen atoms in total. The molecule has 0 radical (unpaired) electrons. The van der Waals surface area contributed by atoms with Crippen molar-refractivity contribution in [1.29, 1.82) is 0 Å². The Kier molecular flexibility index (Phi) is 4.42. The molecular formula is C10H15N3OS. The molecule has 0 saturated carbocycles. The summed E-state index contributed by atoms with van der Waals surface area (Å²) in [5, 5.41) is 3.45. The molecule has 15 heavy (non-hydrogen) atoms.